The smallest absolute Gasteiger partial charge is 0.330 e. The van der Waals surface area contributed by atoms with Crippen molar-refractivity contribution < 1.29 is 4.79 Å². The minimum atomic E-state index is -0.105. The fraction of sp³-hybridized carbons (Fsp3) is 0.417. The molecule has 2 amide bonds. The molecular formula is C12H16Cl2N2OS. The van der Waals surface area contributed by atoms with Crippen LogP contribution in [0.5, 0.6) is 0 Å². The molecule has 1 rings (SSSR count). The molecule has 0 aliphatic heterocycles. The van der Waals surface area contributed by atoms with Gasteiger partial charge in [-0.25, -0.2) is 9.10 Å². The summed E-state index contributed by atoms with van der Waals surface area (Å²) in [6, 6.07) is 5.06. The molecule has 18 heavy (non-hydrogen) atoms. The number of carbonyl (C=O) groups excluding carboxylic acids is 1. The van der Waals surface area contributed by atoms with Crippen molar-refractivity contribution in [2.24, 2.45) is 0 Å². The van der Waals surface area contributed by atoms with Crippen LogP contribution in [-0.2, 0) is 0 Å². The van der Waals surface area contributed by atoms with Gasteiger partial charge in [0.05, 0.1) is 15.7 Å². The monoisotopic (exact) mass is 306 g/mol. The Morgan fingerprint density at radius 3 is 2.28 bits per heavy atom. The molecule has 1 aromatic carbocycles. The van der Waals surface area contributed by atoms with Crippen LogP contribution in [0.4, 0.5) is 10.5 Å². The first-order chi connectivity index (χ1) is 8.32. The van der Waals surface area contributed by atoms with Crippen LogP contribution in [0.15, 0.2) is 18.2 Å². The number of hydrogen-bond acceptors (Lipinski definition) is 2. The Morgan fingerprint density at radius 1 is 1.22 bits per heavy atom. The molecule has 0 aliphatic carbocycles. The third-order valence-corrected chi connectivity index (χ3v) is 3.75. The van der Waals surface area contributed by atoms with Crippen LogP contribution in [0.25, 0.3) is 0 Å². The quantitative estimate of drug-likeness (QED) is 0.766. The van der Waals surface area contributed by atoms with E-state index in [0.717, 1.165) is 5.69 Å². The molecule has 0 spiro atoms. The van der Waals surface area contributed by atoms with Gasteiger partial charge in [-0.2, -0.15) is 0 Å². The number of nitrogens with zero attached hydrogens (tertiary/aromatic N) is 2. The number of urea groups is 1. The highest BCUT2D eigenvalue weighted by molar-refractivity contribution is 8.01. The molecule has 0 aromatic heterocycles. The second-order valence-electron chi connectivity index (χ2n) is 4.22. The van der Waals surface area contributed by atoms with Crippen LogP contribution in [0.3, 0.4) is 0 Å². The number of amides is 2. The second-order valence-corrected chi connectivity index (χ2v) is 6.56. The maximum Gasteiger partial charge on any atom is 0.334 e. The van der Waals surface area contributed by atoms with Gasteiger partial charge in [0, 0.05) is 19.3 Å². The fourth-order valence-corrected chi connectivity index (χ4v) is 2.42. The maximum absolute atomic E-state index is 12.1. The first-order valence-electron chi connectivity index (χ1n) is 5.46. The van der Waals surface area contributed by atoms with Gasteiger partial charge in [0.15, 0.2) is 0 Å². The van der Waals surface area contributed by atoms with Gasteiger partial charge in [0.1, 0.15) is 0 Å². The van der Waals surface area contributed by atoms with Crippen molar-refractivity contribution in [3.8, 4) is 0 Å². The molecule has 0 unspecified atom stereocenters. The molecule has 0 N–H and O–H groups in total. The number of rotatable bonds is 3. The Morgan fingerprint density at radius 2 is 1.83 bits per heavy atom. The lowest BCUT2D eigenvalue weighted by Gasteiger charge is -2.26. The van der Waals surface area contributed by atoms with Crippen molar-refractivity contribution in [1.82, 2.24) is 4.90 Å². The normalized spacial score (nSPS) is 10.6. The van der Waals surface area contributed by atoms with Gasteiger partial charge in [-0.1, -0.05) is 37.0 Å². The highest BCUT2D eigenvalue weighted by atomic mass is 35.5. The number of carbonyl (C=O) groups is 1. The van der Waals surface area contributed by atoms with Gasteiger partial charge in [-0.05, 0) is 30.1 Å². The van der Waals surface area contributed by atoms with E-state index in [1.165, 1.54) is 16.8 Å². The Hall–Kier alpha value is -0.580. The number of anilines is 1. The van der Waals surface area contributed by atoms with E-state index in [-0.39, 0.29) is 11.3 Å². The molecule has 0 fully saturated rings. The molecule has 0 heterocycles. The average Bonchev–Trinajstić information content (AvgIpc) is 2.28. The predicted octanol–water partition coefficient (Wildman–Crippen LogP) is 4.54. The van der Waals surface area contributed by atoms with E-state index < -0.39 is 0 Å². The summed E-state index contributed by atoms with van der Waals surface area (Å²) in [5, 5.41) is 1.20. The van der Waals surface area contributed by atoms with E-state index in [1.54, 1.807) is 36.6 Å². The zero-order valence-electron chi connectivity index (χ0n) is 10.8. The molecule has 100 valence electrons. The Labute approximate surface area is 122 Å². The van der Waals surface area contributed by atoms with E-state index in [2.05, 4.69) is 0 Å². The van der Waals surface area contributed by atoms with Gasteiger partial charge in [-0.3, -0.25) is 0 Å². The standard InChI is InChI=1S/C12H16Cl2N2OS/c1-8(2)18-16(12(17)15(3)4)9-5-6-10(13)11(14)7-9/h5-8H,1-4H3. The molecule has 3 nitrogen and oxygen atoms in total. The summed E-state index contributed by atoms with van der Waals surface area (Å²) < 4.78 is 1.62. The van der Waals surface area contributed by atoms with Crippen LogP contribution < -0.4 is 4.31 Å². The maximum atomic E-state index is 12.1. The Bertz CT molecular complexity index is 438. The van der Waals surface area contributed by atoms with Gasteiger partial charge in [-0.15, -0.1) is 0 Å². The molecular weight excluding hydrogens is 291 g/mol. The summed E-state index contributed by atoms with van der Waals surface area (Å²) >= 11 is 13.3. The second kappa shape index (κ2) is 6.55. The largest absolute Gasteiger partial charge is 0.334 e. The van der Waals surface area contributed by atoms with Crippen molar-refractivity contribution >= 4 is 46.9 Å². The third-order valence-electron chi connectivity index (χ3n) is 2.01. The van der Waals surface area contributed by atoms with Crippen molar-refractivity contribution in [3.05, 3.63) is 28.2 Å². The van der Waals surface area contributed by atoms with E-state index in [9.17, 15) is 4.79 Å². The lowest BCUT2D eigenvalue weighted by Crippen LogP contribution is -2.35. The van der Waals surface area contributed by atoms with E-state index in [4.69, 9.17) is 23.2 Å². The van der Waals surface area contributed by atoms with Crippen molar-refractivity contribution in [3.63, 3.8) is 0 Å². The molecule has 0 saturated carbocycles. The zero-order chi connectivity index (χ0) is 13.9. The number of benzene rings is 1. The molecule has 0 bridgehead atoms. The molecule has 1 aromatic rings. The van der Waals surface area contributed by atoms with Gasteiger partial charge < -0.3 is 4.90 Å². The first kappa shape index (κ1) is 15.5. The van der Waals surface area contributed by atoms with Crippen molar-refractivity contribution in [2.45, 2.75) is 19.1 Å². The van der Waals surface area contributed by atoms with Crippen molar-refractivity contribution in [1.29, 1.82) is 0 Å². The summed E-state index contributed by atoms with van der Waals surface area (Å²) in [5.41, 5.74) is 0.724. The van der Waals surface area contributed by atoms with Gasteiger partial charge in [0.2, 0.25) is 0 Å². The number of halogens is 2. The summed E-state index contributed by atoms with van der Waals surface area (Å²) in [4.78, 5) is 13.7. The highest BCUT2D eigenvalue weighted by Crippen LogP contribution is 2.32. The minimum Gasteiger partial charge on any atom is -0.330 e. The summed E-state index contributed by atoms with van der Waals surface area (Å²) in [7, 11) is 3.43. The van der Waals surface area contributed by atoms with Crippen LogP contribution in [0, 0.1) is 0 Å². The Balaban J connectivity index is 3.08. The topological polar surface area (TPSA) is 23.6 Å². The first-order valence-corrected chi connectivity index (χ1v) is 7.05. The fourth-order valence-electron chi connectivity index (χ4n) is 1.22. The summed E-state index contributed by atoms with van der Waals surface area (Å²) in [5.74, 6) is 0. The average molecular weight is 307 g/mol. The van der Waals surface area contributed by atoms with E-state index in [1.807, 2.05) is 13.8 Å². The summed E-state index contributed by atoms with van der Waals surface area (Å²) in [6.45, 7) is 4.05. The zero-order valence-corrected chi connectivity index (χ0v) is 13.1. The van der Waals surface area contributed by atoms with E-state index >= 15 is 0 Å². The van der Waals surface area contributed by atoms with Crippen LogP contribution >= 0.6 is 35.1 Å². The van der Waals surface area contributed by atoms with Gasteiger partial charge in [0.25, 0.3) is 0 Å². The predicted molar refractivity (Wildman–Crippen MR) is 80.8 cm³/mol. The lowest BCUT2D eigenvalue weighted by molar-refractivity contribution is 0.228. The highest BCUT2D eigenvalue weighted by Gasteiger charge is 2.20. The van der Waals surface area contributed by atoms with Crippen LogP contribution in [0.2, 0.25) is 10.0 Å². The minimum absolute atomic E-state index is 0.105. The Kier molecular flexibility index (Phi) is 5.63. The van der Waals surface area contributed by atoms with E-state index in [0.29, 0.717) is 10.0 Å². The molecule has 6 heteroatoms. The molecule has 0 radical (unpaired) electrons. The SMILES string of the molecule is CC(C)SN(C(=O)N(C)C)c1ccc(Cl)c(Cl)c1. The van der Waals surface area contributed by atoms with Gasteiger partial charge >= 0.3 is 6.03 Å². The molecule has 0 aliphatic rings. The molecule has 0 saturated heterocycles. The van der Waals surface area contributed by atoms with Crippen LogP contribution in [-0.4, -0.2) is 30.3 Å². The third kappa shape index (κ3) is 3.97. The summed E-state index contributed by atoms with van der Waals surface area (Å²) in [6.07, 6.45) is 0. The van der Waals surface area contributed by atoms with Crippen LogP contribution in [0.1, 0.15) is 13.8 Å². The lowest BCUT2D eigenvalue weighted by atomic mass is 10.3. The number of hydrogen-bond donors (Lipinski definition) is 0. The van der Waals surface area contributed by atoms with Crippen molar-refractivity contribution in [2.75, 3.05) is 18.4 Å². The molecule has 0 atom stereocenters.